The van der Waals surface area contributed by atoms with Crippen LogP contribution in [0, 0.1) is 22.7 Å². The maximum absolute atomic E-state index is 12.4. The summed E-state index contributed by atoms with van der Waals surface area (Å²) in [6, 6.07) is -0.986. The first kappa shape index (κ1) is 20.8. The predicted octanol–water partition coefficient (Wildman–Crippen LogP) is 1.22. The van der Waals surface area contributed by atoms with Crippen molar-refractivity contribution in [2.24, 2.45) is 23.0 Å². The molecule has 0 aliphatic carbocycles. The number of rotatable bonds is 7. The number of aliphatic hydroxyl groups excluding tert-OH is 1. The van der Waals surface area contributed by atoms with Crippen molar-refractivity contribution in [2.75, 3.05) is 6.54 Å². The van der Waals surface area contributed by atoms with E-state index in [0.29, 0.717) is 11.3 Å². The molecule has 2 saturated heterocycles. The number of carbonyl (C=O) groups excluding carboxylic acids is 2. The summed E-state index contributed by atoms with van der Waals surface area (Å²) >= 11 is 1.31. The summed E-state index contributed by atoms with van der Waals surface area (Å²) in [4.78, 5) is 49.6. The highest BCUT2D eigenvalue weighted by molar-refractivity contribution is 8.03. The van der Waals surface area contributed by atoms with Crippen LogP contribution in [0.3, 0.4) is 0 Å². The number of thioether (sulfide) groups is 1. The number of ketones is 1. The second-order valence-electron chi connectivity index (χ2n) is 8.02. The Morgan fingerprint density at radius 1 is 1.29 bits per heavy atom. The minimum absolute atomic E-state index is 0.0475. The summed E-state index contributed by atoms with van der Waals surface area (Å²) in [7, 11) is 0. The molecule has 28 heavy (non-hydrogen) atoms. The molecule has 2 N–H and O–H groups in total. The molecule has 0 bridgehead atoms. The molecule has 3 aliphatic heterocycles. The van der Waals surface area contributed by atoms with Crippen molar-refractivity contribution in [1.82, 2.24) is 9.91 Å². The lowest BCUT2D eigenvalue weighted by atomic mass is 9.79. The fraction of sp³-hybridized carbons (Fsp3) is 0.722. The van der Waals surface area contributed by atoms with Gasteiger partial charge in [0.05, 0.1) is 29.9 Å². The molecule has 1 amide bonds. The second-order valence-corrected chi connectivity index (χ2v) is 9.37. The summed E-state index contributed by atoms with van der Waals surface area (Å²) < 4.78 is 0. The van der Waals surface area contributed by atoms with Gasteiger partial charge in [0.25, 0.3) is 0 Å². The highest BCUT2D eigenvalue weighted by Crippen LogP contribution is 2.52. The Balaban J connectivity index is 1.84. The van der Waals surface area contributed by atoms with Crippen molar-refractivity contribution < 1.29 is 24.6 Å². The smallest absolute Gasteiger partial charge is 0.353 e. The zero-order chi connectivity index (χ0) is 20.9. The standard InChI is InChI=1S/C18H25N3O6S/c1-7(2)15(23)11-5-10(6-20(11)19-27)28-16-8(3)13-12(9(4)22)17(24)21(13)14(16)18(25)26/h7-13,22H,5-6H2,1-4H3,(H,25,26)/t8-,9-,10+,11+,12?,13?/m1/s1. The Morgan fingerprint density at radius 3 is 2.43 bits per heavy atom. The molecule has 3 heterocycles. The number of nitrogens with zero attached hydrogens (tertiary/aromatic N) is 3. The average Bonchev–Trinajstić information content (AvgIpc) is 3.12. The van der Waals surface area contributed by atoms with E-state index >= 15 is 0 Å². The topological polar surface area (TPSA) is 128 Å². The number of amides is 1. The number of nitroso groups, excluding NO2 is 1. The van der Waals surface area contributed by atoms with Gasteiger partial charge in [0.2, 0.25) is 5.91 Å². The zero-order valence-electron chi connectivity index (χ0n) is 16.2. The van der Waals surface area contributed by atoms with Gasteiger partial charge in [0, 0.05) is 22.0 Å². The molecular weight excluding hydrogens is 386 g/mol. The fourth-order valence-corrected chi connectivity index (χ4v) is 5.98. The van der Waals surface area contributed by atoms with Gasteiger partial charge < -0.3 is 15.1 Å². The SMILES string of the molecule is CC(C)C(=O)[C@@H]1C[C@H](SC2=C(C(=O)O)N3C(=O)C([C@@H](C)O)C3[C@H]2C)CN1N=O. The number of carboxylic acids is 1. The Bertz CT molecular complexity index is 752. The molecule has 0 aromatic heterocycles. The Kier molecular flexibility index (Phi) is 5.55. The van der Waals surface area contributed by atoms with E-state index in [2.05, 4.69) is 5.29 Å². The number of carbonyl (C=O) groups is 3. The van der Waals surface area contributed by atoms with E-state index in [4.69, 9.17) is 0 Å². The molecule has 154 valence electrons. The van der Waals surface area contributed by atoms with Crippen molar-refractivity contribution in [2.45, 2.75) is 57.6 Å². The summed E-state index contributed by atoms with van der Waals surface area (Å²) in [6.07, 6.45) is -0.459. The fourth-order valence-electron chi connectivity index (χ4n) is 4.46. The second kappa shape index (κ2) is 7.47. The number of β-lactam (4-membered cyclic amide) rings is 1. The van der Waals surface area contributed by atoms with Crippen LogP contribution in [0.4, 0.5) is 0 Å². The third kappa shape index (κ3) is 3.12. The number of aliphatic hydroxyl groups is 1. The Hall–Kier alpha value is -1.94. The molecule has 3 rings (SSSR count). The highest BCUT2D eigenvalue weighted by atomic mass is 32.2. The minimum Gasteiger partial charge on any atom is -0.477 e. The van der Waals surface area contributed by atoms with Crippen LogP contribution in [-0.2, 0) is 14.4 Å². The third-order valence-electron chi connectivity index (χ3n) is 5.84. The third-order valence-corrected chi connectivity index (χ3v) is 7.34. The highest BCUT2D eigenvalue weighted by Gasteiger charge is 2.60. The van der Waals surface area contributed by atoms with E-state index in [1.54, 1.807) is 13.8 Å². The van der Waals surface area contributed by atoms with Gasteiger partial charge in [-0.15, -0.1) is 16.7 Å². The van der Waals surface area contributed by atoms with Gasteiger partial charge in [0.1, 0.15) is 11.7 Å². The molecule has 2 fully saturated rings. The number of carboxylic acid groups (broad SMARTS) is 1. The molecule has 3 aliphatic rings. The Labute approximate surface area is 167 Å². The van der Waals surface area contributed by atoms with Crippen molar-refractivity contribution >= 4 is 29.4 Å². The molecular formula is C18H25N3O6S. The van der Waals surface area contributed by atoms with E-state index in [1.807, 2.05) is 6.92 Å². The minimum atomic E-state index is -1.19. The number of Topliss-reactive ketones (excluding diaryl/α,β-unsaturated/α-hetero) is 1. The molecule has 6 atom stereocenters. The number of hydrogen-bond donors (Lipinski definition) is 2. The molecule has 2 unspecified atom stereocenters. The van der Waals surface area contributed by atoms with Gasteiger partial charge in [-0.2, -0.15) is 0 Å². The lowest BCUT2D eigenvalue weighted by Crippen LogP contribution is -2.63. The van der Waals surface area contributed by atoms with Crippen LogP contribution in [0.25, 0.3) is 0 Å². The van der Waals surface area contributed by atoms with Crippen LogP contribution in [0.2, 0.25) is 0 Å². The first-order valence-corrected chi connectivity index (χ1v) is 10.3. The van der Waals surface area contributed by atoms with Crippen molar-refractivity contribution in [3.63, 3.8) is 0 Å². The summed E-state index contributed by atoms with van der Waals surface area (Å²) in [5.41, 5.74) is -0.0475. The van der Waals surface area contributed by atoms with Crippen LogP contribution in [0.15, 0.2) is 15.9 Å². The van der Waals surface area contributed by atoms with Gasteiger partial charge in [-0.25, -0.2) is 9.80 Å². The van der Waals surface area contributed by atoms with E-state index in [9.17, 15) is 29.5 Å². The quantitative estimate of drug-likeness (QED) is 0.473. The van der Waals surface area contributed by atoms with Gasteiger partial charge in [0.15, 0.2) is 5.78 Å². The van der Waals surface area contributed by atoms with E-state index in [0.717, 1.165) is 0 Å². The summed E-state index contributed by atoms with van der Waals surface area (Å²) in [5, 5.41) is 23.6. The monoisotopic (exact) mass is 411 g/mol. The van der Waals surface area contributed by atoms with E-state index in [1.165, 1.54) is 28.6 Å². The van der Waals surface area contributed by atoms with Crippen LogP contribution in [0.1, 0.15) is 34.1 Å². The van der Waals surface area contributed by atoms with Gasteiger partial charge >= 0.3 is 5.97 Å². The maximum atomic E-state index is 12.4. The van der Waals surface area contributed by atoms with Crippen LogP contribution < -0.4 is 0 Å². The van der Waals surface area contributed by atoms with Crippen LogP contribution in [0.5, 0.6) is 0 Å². The Morgan fingerprint density at radius 2 is 1.93 bits per heavy atom. The lowest BCUT2D eigenvalue weighted by Gasteiger charge is -2.46. The normalized spacial score (nSPS) is 33.2. The van der Waals surface area contributed by atoms with Gasteiger partial charge in [-0.3, -0.25) is 9.59 Å². The molecule has 0 saturated carbocycles. The largest absolute Gasteiger partial charge is 0.477 e. The van der Waals surface area contributed by atoms with Crippen LogP contribution >= 0.6 is 11.8 Å². The van der Waals surface area contributed by atoms with E-state index < -0.39 is 24.0 Å². The predicted molar refractivity (Wildman–Crippen MR) is 102 cm³/mol. The van der Waals surface area contributed by atoms with Crippen molar-refractivity contribution in [3.05, 3.63) is 15.5 Å². The molecule has 9 nitrogen and oxygen atoms in total. The van der Waals surface area contributed by atoms with E-state index in [-0.39, 0.29) is 47.1 Å². The van der Waals surface area contributed by atoms with Crippen molar-refractivity contribution in [3.8, 4) is 0 Å². The molecule has 10 heteroatoms. The zero-order valence-corrected chi connectivity index (χ0v) is 17.0. The average molecular weight is 411 g/mol. The van der Waals surface area contributed by atoms with Crippen molar-refractivity contribution in [1.29, 1.82) is 0 Å². The number of fused-ring (bicyclic) bond motifs is 1. The van der Waals surface area contributed by atoms with Gasteiger partial charge in [-0.1, -0.05) is 20.8 Å². The first-order valence-electron chi connectivity index (χ1n) is 9.39. The molecule has 0 radical (unpaired) electrons. The number of aliphatic carboxylic acids is 1. The molecule has 0 spiro atoms. The summed E-state index contributed by atoms with van der Waals surface area (Å²) in [5.74, 6) is -2.73. The van der Waals surface area contributed by atoms with Gasteiger partial charge in [-0.05, 0) is 13.3 Å². The maximum Gasteiger partial charge on any atom is 0.353 e. The summed E-state index contributed by atoms with van der Waals surface area (Å²) in [6.45, 7) is 7.16. The molecule has 0 aromatic carbocycles. The van der Waals surface area contributed by atoms with Crippen LogP contribution in [-0.4, -0.2) is 67.8 Å². The number of hydrogen-bond acceptors (Lipinski definition) is 7. The molecule has 0 aromatic rings. The lowest BCUT2D eigenvalue weighted by molar-refractivity contribution is -0.163. The first-order chi connectivity index (χ1) is 13.1.